The second-order valence-electron chi connectivity index (χ2n) is 7.13. The molecule has 30 heavy (non-hydrogen) atoms. The van der Waals surface area contributed by atoms with E-state index in [4.69, 9.17) is 15.9 Å². The summed E-state index contributed by atoms with van der Waals surface area (Å²) in [6, 6.07) is 20.2. The summed E-state index contributed by atoms with van der Waals surface area (Å²) in [6.07, 6.45) is 0. The van der Waals surface area contributed by atoms with Crippen molar-refractivity contribution in [3.05, 3.63) is 89.0 Å². The van der Waals surface area contributed by atoms with Crippen molar-refractivity contribution in [3.63, 3.8) is 0 Å². The van der Waals surface area contributed by atoms with Gasteiger partial charge in [-0.15, -0.1) is 0 Å². The highest BCUT2D eigenvalue weighted by Crippen LogP contribution is 2.30. The number of nitrogens with zero attached hydrogens (tertiary/aromatic N) is 1. The van der Waals surface area contributed by atoms with Gasteiger partial charge in [0.25, 0.3) is 11.8 Å². The third kappa shape index (κ3) is 3.55. The number of fused-ring (bicyclic) bond motifs is 1. The zero-order chi connectivity index (χ0) is 21.3. The Labute approximate surface area is 174 Å². The Balaban J connectivity index is 1.49. The van der Waals surface area contributed by atoms with E-state index in [0.717, 1.165) is 16.7 Å². The molecule has 1 aliphatic heterocycles. The highest BCUT2D eigenvalue weighted by atomic mass is 16.5. The topological polar surface area (TPSA) is 96.5 Å². The van der Waals surface area contributed by atoms with Crippen LogP contribution in [0.3, 0.4) is 0 Å². The van der Waals surface area contributed by atoms with Gasteiger partial charge < -0.3 is 10.5 Å². The normalized spacial score (nSPS) is 12.8. The number of hydrogen-bond acceptors (Lipinski definition) is 4. The van der Waals surface area contributed by atoms with Crippen molar-refractivity contribution < 1.29 is 14.3 Å². The molecule has 6 nitrogen and oxygen atoms in total. The van der Waals surface area contributed by atoms with Crippen LogP contribution in [0.1, 0.15) is 31.8 Å². The molecule has 2 amide bonds. The molecule has 0 spiro atoms. The molecule has 0 bridgehead atoms. The van der Waals surface area contributed by atoms with Crippen LogP contribution in [0.25, 0.3) is 11.1 Å². The summed E-state index contributed by atoms with van der Waals surface area (Å²) < 4.78 is 5.66. The van der Waals surface area contributed by atoms with E-state index in [1.54, 1.807) is 36.4 Å². The third-order valence-corrected chi connectivity index (χ3v) is 5.16. The molecule has 4 rings (SSSR count). The molecule has 0 aromatic heterocycles. The third-order valence-electron chi connectivity index (χ3n) is 5.16. The molecular formula is C24H21N3O3. The van der Waals surface area contributed by atoms with E-state index < -0.39 is 0 Å². The number of amidine groups is 1. The van der Waals surface area contributed by atoms with Crippen molar-refractivity contribution in [1.82, 2.24) is 4.90 Å². The van der Waals surface area contributed by atoms with Gasteiger partial charge in [-0.2, -0.15) is 0 Å². The Bertz CT molecular complexity index is 1170. The number of amides is 2. The number of nitrogen functional groups attached to an aromatic ring is 1. The van der Waals surface area contributed by atoms with Crippen LogP contribution in [-0.4, -0.2) is 35.7 Å². The van der Waals surface area contributed by atoms with Gasteiger partial charge in [0.1, 0.15) is 18.2 Å². The second-order valence-corrected chi connectivity index (χ2v) is 7.13. The number of nitrogens with one attached hydrogen (secondary N) is 1. The largest absolute Gasteiger partial charge is 0.492 e. The first-order valence-corrected chi connectivity index (χ1v) is 9.59. The van der Waals surface area contributed by atoms with Crippen molar-refractivity contribution in [2.24, 2.45) is 5.73 Å². The Kier molecular flexibility index (Phi) is 5.06. The molecule has 0 aliphatic carbocycles. The van der Waals surface area contributed by atoms with Gasteiger partial charge in [-0.05, 0) is 47.9 Å². The molecule has 3 N–H and O–H groups in total. The van der Waals surface area contributed by atoms with E-state index in [1.807, 2.05) is 37.3 Å². The van der Waals surface area contributed by atoms with Crippen LogP contribution >= 0.6 is 0 Å². The van der Waals surface area contributed by atoms with Gasteiger partial charge in [-0.1, -0.05) is 42.5 Å². The molecule has 0 atom stereocenters. The van der Waals surface area contributed by atoms with Crippen LogP contribution in [-0.2, 0) is 0 Å². The number of carbonyl (C=O) groups is 2. The Morgan fingerprint density at radius 2 is 1.70 bits per heavy atom. The lowest BCUT2D eigenvalue weighted by atomic mass is 9.97. The van der Waals surface area contributed by atoms with Gasteiger partial charge in [-0.3, -0.25) is 19.9 Å². The Morgan fingerprint density at radius 3 is 2.47 bits per heavy atom. The monoisotopic (exact) mass is 399 g/mol. The maximum absolute atomic E-state index is 12.9. The molecule has 150 valence electrons. The summed E-state index contributed by atoms with van der Waals surface area (Å²) in [5, 5.41) is 7.49. The zero-order valence-electron chi connectivity index (χ0n) is 16.5. The quantitative estimate of drug-likeness (QED) is 0.376. The zero-order valence-corrected chi connectivity index (χ0v) is 16.5. The summed E-state index contributed by atoms with van der Waals surface area (Å²) >= 11 is 0. The van der Waals surface area contributed by atoms with E-state index in [0.29, 0.717) is 22.4 Å². The van der Waals surface area contributed by atoms with Crippen molar-refractivity contribution in [2.75, 3.05) is 13.2 Å². The second kappa shape index (κ2) is 7.83. The van der Waals surface area contributed by atoms with Gasteiger partial charge >= 0.3 is 0 Å². The van der Waals surface area contributed by atoms with Crippen LogP contribution in [0.15, 0.2) is 66.7 Å². The number of aryl methyl sites for hydroxylation is 1. The van der Waals surface area contributed by atoms with Crippen LogP contribution in [0.5, 0.6) is 5.75 Å². The highest BCUT2D eigenvalue weighted by Gasteiger charge is 2.35. The standard InChI is InChI=1S/C24H21N3O3/c1-15-5-2-3-8-19(15)16-9-10-20-21(14-16)24(29)27(23(20)28)11-12-30-18-7-4-6-17(13-18)22(25)26/h2-10,13-14H,11-12H2,1H3,(H3,25,26). The molecule has 0 saturated carbocycles. The first-order chi connectivity index (χ1) is 14.5. The Hall–Kier alpha value is -3.93. The predicted molar refractivity (Wildman–Crippen MR) is 115 cm³/mol. The van der Waals surface area contributed by atoms with Crippen molar-refractivity contribution in [2.45, 2.75) is 6.92 Å². The number of benzene rings is 3. The summed E-state index contributed by atoms with van der Waals surface area (Å²) in [6.45, 7) is 2.30. The fourth-order valence-corrected chi connectivity index (χ4v) is 3.57. The van der Waals surface area contributed by atoms with E-state index in [-0.39, 0.29) is 30.8 Å². The minimum absolute atomic E-state index is 0.0507. The first-order valence-electron chi connectivity index (χ1n) is 9.59. The molecule has 3 aromatic rings. The van der Waals surface area contributed by atoms with Gasteiger partial charge in [0.15, 0.2) is 0 Å². The lowest BCUT2D eigenvalue weighted by Gasteiger charge is -2.14. The number of imide groups is 1. The number of ether oxygens (including phenoxy) is 1. The maximum Gasteiger partial charge on any atom is 0.261 e. The molecule has 0 unspecified atom stereocenters. The summed E-state index contributed by atoms with van der Waals surface area (Å²) in [5.74, 6) is -0.148. The smallest absolute Gasteiger partial charge is 0.261 e. The molecule has 3 aromatic carbocycles. The number of rotatable bonds is 6. The predicted octanol–water partition coefficient (Wildman–Crippen LogP) is 3.62. The van der Waals surface area contributed by atoms with Crippen molar-refractivity contribution >= 4 is 17.6 Å². The van der Waals surface area contributed by atoms with E-state index in [2.05, 4.69) is 0 Å². The van der Waals surface area contributed by atoms with Crippen LogP contribution < -0.4 is 10.5 Å². The van der Waals surface area contributed by atoms with E-state index in [9.17, 15) is 9.59 Å². The molecule has 1 heterocycles. The van der Waals surface area contributed by atoms with Crippen LogP contribution in [0, 0.1) is 12.3 Å². The first kappa shape index (κ1) is 19.4. The van der Waals surface area contributed by atoms with Gasteiger partial charge in [0.2, 0.25) is 0 Å². The van der Waals surface area contributed by atoms with Crippen LogP contribution in [0.4, 0.5) is 0 Å². The van der Waals surface area contributed by atoms with Crippen molar-refractivity contribution in [1.29, 1.82) is 5.41 Å². The average Bonchev–Trinajstić information content (AvgIpc) is 2.98. The average molecular weight is 399 g/mol. The SMILES string of the molecule is Cc1ccccc1-c1ccc2c(c1)C(=O)N(CCOc1cccc(C(=N)N)c1)C2=O. The molecule has 1 aliphatic rings. The maximum atomic E-state index is 12.9. The minimum Gasteiger partial charge on any atom is -0.492 e. The van der Waals surface area contributed by atoms with Crippen LogP contribution in [0.2, 0.25) is 0 Å². The Morgan fingerprint density at radius 1 is 0.933 bits per heavy atom. The minimum atomic E-state index is -0.313. The summed E-state index contributed by atoms with van der Waals surface area (Å²) in [4.78, 5) is 26.8. The van der Waals surface area contributed by atoms with E-state index in [1.165, 1.54) is 4.90 Å². The highest BCUT2D eigenvalue weighted by molar-refractivity contribution is 6.21. The van der Waals surface area contributed by atoms with E-state index >= 15 is 0 Å². The number of nitrogens with two attached hydrogens (primary N) is 1. The molecular weight excluding hydrogens is 378 g/mol. The molecule has 6 heteroatoms. The number of hydrogen-bond donors (Lipinski definition) is 2. The van der Waals surface area contributed by atoms with Crippen molar-refractivity contribution in [3.8, 4) is 16.9 Å². The summed E-state index contributed by atoms with van der Waals surface area (Å²) in [5.41, 5.74) is 9.92. The van der Waals surface area contributed by atoms with Gasteiger partial charge in [0.05, 0.1) is 17.7 Å². The summed E-state index contributed by atoms with van der Waals surface area (Å²) in [7, 11) is 0. The lowest BCUT2D eigenvalue weighted by Crippen LogP contribution is -2.33. The fourth-order valence-electron chi connectivity index (χ4n) is 3.57. The molecule has 0 fully saturated rings. The van der Waals surface area contributed by atoms with Gasteiger partial charge in [0, 0.05) is 5.56 Å². The lowest BCUT2D eigenvalue weighted by molar-refractivity contribution is 0.0631. The number of carbonyl (C=O) groups excluding carboxylic acids is 2. The molecule has 0 radical (unpaired) electrons. The fraction of sp³-hybridized carbons (Fsp3) is 0.125. The van der Waals surface area contributed by atoms with Gasteiger partial charge in [-0.25, -0.2) is 0 Å². The molecule has 0 saturated heterocycles.